The standard InChI is InChI=1S/C12H19N3O/c1-2-6-15(9-13)12-4-3-10(5-7-16)8-11(12)14/h3-4,7-8H,2,5-6,9,13-14H2,1H3. The van der Waals surface area contributed by atoms with Crippen molar-refractivity contribution in [2.45, 2.75) is 19.8 Å². The van der Waals surface area contributed by atoms with E-state index in [2.05, 4.69) is 6.92 Å². The zero-order chi connectivity index (χ0) is 12.0. The molecule has 0 fully saturated rings. The number of anilines is 2. The maximum Gasteiger partial charge on any atom is 0.124 e. The first-order valence-corrected chi connectivity index (χ1v) is 5.50. The van der Waals surface area contributed by atoms with Crippen LogP contribution in [0.5, 0.6) is 0 Å². The van der Waals surface area contributed by atoms with Crippen molar-refractivity contribution in [2.24, 2.45) is 5.73 Å². The molecule has 0 bridgehead atoms. The number of aldehydes is 1. The number of hydrogen-bond acceptors (Lipinski definition) is 4. The van der Waals surface area contributed by atoms with E-state index in [4.69, 9.17) is 11.5 Å². The molecule has 0 aliphatic carbocycles. The molecule has 1 aromatic carbocycles. The smallest absolute Gasteiger partial charge is 0.124 e. The van der Waals surface area contributed by atoms with E-state index in [9.17, 15) is 4.79 Å². The van der Waals surface area contributed by atoms with E-state index in [1.807, 2.05) is 23.1 Å². The minimum Gasteiger partial charge on any atom is -0.397 e. The molecule has 0 unspecified atom stereocenters. The average molecular weight is 221 g/mol. The Kier molecular flexibility index (Phi) is 4.79. The molecule has 0 atom stereocenters. The highest BCUT2D eigenvalue weighted by Gasteiger charge is 2.07. The van der Waals surface area contributed by atoms with Crippen LogP contribution in [0.4, 0.5) is 11.4 Å². The monoisotopic (exact) mass is 221 g/mol. The van der Waals surface area contributed by atoms with Crippen LogP contribution in [0.25, 0.3) is 0 Å². The van der Waals surface area contributed by atoms with E-state index >= 15 is 0 Å². The molecule has 0 aromatic heterocycles. The van der Waals surface area contributed by atoms with Gasteiger partial charge in [0, 0.05) is 13.0 Å². The lowest BCUT2D eigenvalue weighted by molar-refractivity contribution is -0.107. The summed E-state index contributed by atoms with van der Waals surface area (Å²) < 4.78 is 0. The predicted octanol–water partition coefficient (Wildman–Crippen LogP) is 1.14. The highest BCUT2D eigenvalue weighted by Crippen LogP contribution is 2.24. The molecule has 0 heterocycles. The predicted molar refractivity (Wildman–Crippen MR) is 67.3 cm³/mol. The summed E-state index contributed by atoms with van der Waals surface area (Å²) in [6, 6.07) is 5.68. The third-order valence-electron chi connectivity index (χ3n) is 2.47. The van der Waals surface area contributed by atoms with E-state index in [-0.39, 0.29) is 0 Å². The Hall–Kier alpha value is -1.55. The van der Waals surface area contributed by atoms with E-state index in [1.54, 1.807) is 0 Å². The number of nitrogens with zero attached hydrogens (tertiary/aromatic N) is 1. The van der Waals surface area contributed by atoms with Crippen LogP contribution in [0.2, 0.25) is 0 Å². The van der Waals surface area contributed by atoms with Crippen molar-refractivity contribution in [2.75, 3.05) is 23.8 Å². The first kappa shape index (κ1) is 12.5. The Bertz CT molecular complexity index is 352. The molecule has 16 heavy (non-hydrogen) atoms. The molecule has 1 aromatic rings. The van der Waals surface area contributed by atoms with Crippen molar-refractivity contribution in [3.63, 3.8) is 0 Å². The average Bonchev–Trinajstić information content (AvgIpc) is 2.27. The van der Waals surface area contributed by atoms with Gasteiger partial charge in [0.2, 0.25) is 0 Å². The molecule has 4 N–H and O–H groups in total. The van der Waals surface area contributed by atoms with Gasteiger partial charge in [0.1, 0.15) is 6.29 Å². The van der Waals surface area contributed by atoms with E-state index in [0.29, 0.717) is 18.8 Å². The minimum atomic E-state index is 0.404. The van der Waals surface area contributed by atoms with Crippen LogP contribution < -0.4 is 16.4 Å². The van der Waals surface area contributed by atoms with Gasteiger partial charge in [0.05, 0.1) is 18.0 Å². The van der Waals surface area contributed by atoms with Crippen LogP contribution in [0.3, 0.4) is 0 Å². The lowest BCUT2D eigenvalue weighted by Gasteiger charge is -2.24. The summed E-state index contributed by atoms with van der Waals surface area (Å²) in [5.74, 6) is 0. The third-order valence-corrected chi connectivity index (χ3v) is 2.47. The maximum atomic E-state index is 10.4. The SMILES string of the molecule is CCCN(CN)c1ccc(CC=O)cc1N. The summed E-state index contributed by atoms with van der Waals surface area (Å²) in [6.45, 7) is 3.43. The largest absolute Gasteiger partial charge is 0.397 e. The van der Waals surface area contributed by atoms with Crippen molar-refractivity contribution >= 4 is 17.7 Å². The Balaban J connectivity index is 2.91. The Morgan fingerprint density at radius 1 is 1.44 bits per heavy atom. The molecular formula is C12H19N3O. The molecule has 4 heteroatoms. The highest BCUT2D eigenvalue weighted by atomic mass is 16.1. The van der Waals surface area contributed by atoms with Crippen molar-refractivity contribution in [3.05, 3.63) is 23.8 Å². The lowest BCUT2D eigenvalue weighted by atomic mass is 10.1. The topological polar surface area (TPSA) is 72.3 Å². The van der Waals surface area contributed by atoms with E-state index in [1.165, 1.54) is 0 Å². The van der Waals surface area contributed by atoms with Gasteiger partial charge >= 0.3 is 0 Å². The van der Waals surface area contributed by atoms with Gasteiger partial charge in [0.25, 0.3) is 0 Å². The van der Waals surface area contributed by atoms with Crippen molar-refractivity contribution in [1.82, 2.24) is 0 Å². The second-order valence-corrected chi connectivity index (χ2v) is 3.71. The summed E-state index contributed by atoms with van der Waals surface area (Å²) >= 11 is 0. The van der Waals surface area contributed by atoms with Crippen LogP contribution >= 0.6 is 0 Å². The number of nitrogen functional groups attached to an aromatic ring is 1. The molecule has 0 spiro atoms. The molecule has 1 rings (SSSR count). The van der Waals surface area contributed by atoms with E-state index < -0.39 is 0 Å². The highest BCUT2D eigenvalue weighted by molar-refractivity contribution is 5.70. The number of carbonyl (C=O) groups is 1. The zero-order valence-corrected chi connectivity index (χ0v) is 9.65. The van der Waals surface area contributed by atoms with E-state index in [0.717, 1.165) is 30.5 Å². The Morgan fingerprint density at radius 2 is 2.19 bits per heavy atom. The fourth-order valence-electron chi connectivity index (χ4n) is 1.70. The first-order valence-electron chi connectivity index (χ1n) is 5.50. The van der Waals surface area contributed by atoms with Crippen LogP contribution in [-0.2, 0) is 11.2 Å². The van der Waals surface area contributed by atoms with Crippen LogP contribution in [-0.4, -0.2) is 19.5 Å². The number of rotatable bonds is 6. The molecule has 0 saturated heterocycles. The lowest BCUT2D eigenvalue weighted by Crippen LogP contribution is -2.31. The molecule has 0 amide bonds. The second kappa shape index (κ2) is 6.12. The van der Waals surface area contributed by atoms with Gasteiger partial charge in [-0.05, 0) is 24.1 Å². The molecule has 4 nitrogen and oxygen atoms in total. The fraction of sp³-hybridized carbons (Fsp3) is 0.417. The van der Waals surface area contributed by atoms with Crippen LogP contribution in [0, 0.1) is 0 Å². The normalized spacial score (nSPS) is 10.1. The maximum absolute atomic E-state index is 10.4. The molecular weight excluding hydrogens is 202 g/mol. The quantitative estimate of drug-likeness (QED) is 0.429. The van der Waals surface area contributed by atoms with Crippen LogP contribution in [0.15, 0.2) is 18.2 Å². The van der Waals surface area contributed by atoms with Gasteiger partial charge in [0.15, 0.2) is 0 Å². The van der Waals surface area contributed by atoms with Crippen molar-refractivity contribution in [3.8, 4) is 0 Å². The van der Waals surface area contributed by atoms with Gasteiger partial charge in [-0.3, -0.25) is 0 Å². The minimum absolute atomic E-state index is 0.404. The van der Waals surface area contributed by atoms with Gasteiger partial charge in [-0.1, -0.05) is 13.0 Å². The van der Waals surface area contributed by atoms with Crippen LogP contribution in [0.1, 0.15) is 18.9 Å². The fourth-order valence-corrected chi connectivity index (χ4v) is 1.70. The third kappa shape index (κ3) is 2.97. The Labute approximate surface area is 96.2 Å². The zero-order valence-electron chi connectivity index (χ0n) is 9.65. The molecule has 0 radical (unpaired) electrons. The summed E-state index contributed by atoms with van der Waals surface area (Å²) in [5.41, 5.74) is 14.2. The summed E-state index contributed by atoms with van der Waals surface area (Å²) in [7, 11) is 0. The Morgan fingerprint density at radius 3 is 2.69 bits per heavy atom. The van der Waals surface area contributed by atoms with Gasteiger partial charge in [-0.15, -0.1) is 0 Å². The summed E-state index contributed by atoms with van der Waals surface area (Å²) in [4.78, 5) is 12.4. The molecule has 0 aliphatic heterocycles. The second-order valence-electron chi connectivity index (χ2n) is 3.71. The van der Waals surface area contributed by atoms with Gasteiger partial charge < -0.3 is 21.2 Å². The number of carbonyl (C=O) groups excluding carboxylic acids is 1. The van der Waals surface area contributed by atoms with Gasteiger partial charge in [-0.2, -0.15) is 0 Å². The number of benzene rings is 1. The van der Waals surface area contributed by atoms with Crippen molar-refractivity contribution in [1.29, 1.82) is 0 Å². The molecule has 88 valence electrons. The van der Waals surface area contributed by atoms with Crippen molar-refractivity contribution < 1.29 is 4.79 Å². The van der Waals surface area contributed by atoms with Gasteiger partial charge in [-0.25, -0.2) is 0 Å². The number of hydrogen-bond donors (Lipinski definition) is 2. The molecule has 0 aliphatic rings. The number of nitrogens with two attached hydrogens (primary N) is 2. The summed E-state index contributed by atoms with van der Waals surface area (Å²) in [5, 5.41) is 0. The molecule has 0 saturated carbocycles. The first-order chi connectivity index (χ1) is 7.72. The summed E-state index contributed by atoms with van der Waals surface area (Å²) in [6.07, 6.45) is 2.30.